The largest absolute Gasteiger partial charge is 0.494 e. The van der Waals surface area contributed by atoms with E-state index >= 15 is 0 Å². The molecule has 0 spiro atoms. The Labute approximate surface area is 145 Å². The summed E-state index contributed by atoms with van der Waals surface area (Å²) < 4.78 is 18.0. The number of para-hydroxylation sites is 1. The molecule has 25 heavy (non-hydrogen) atoms. The van der Waals surface area contributed by atoms with Crippen LogP contribution < -0.4 is 16.2 Å². The number of piperidine rings is 1. The van der Waals surface area contributed by atoms with Gasteiger partial charge in [0.1, 0.15) is 11.3 Å². The molecule has 1 aliphatic rings. The average molecular weight is 347 g/mol. The molecule has 0 bridgehead atoms. The van der Waals surface area contributed by atoms with Crippen molar-refractivity contribution in [1.29, 1.82) is 0 Å². The van der Waals surface area contributed by atoms with Gasteiger partial charge in [0, 0.05) is 20.0 Å². The first-order chi connectivity index (χ1) is 12.1. The second kappa shape index (κ2) is 7.39. The smallest absolute Gasteiger partial charge is 0.449 e. The minimum Gasteiger partial charge on any atom is -0.494 e. The van der Waals surface area contributed by atoms with Crippen LogP contribution in [0.25, 0.3) is 11.0 Å². The van der Waals surface area contributed by atoms with E-state index in [-0.39, 0.29) is 18.1 Å². The fourth-order valence-electron chi connectivity index (χ4n) is 2.82. The molecule has 9 heteroatoms. The molecule has 0 unspecified atom stereocenters. The number of hydrogen-bond acceptors (Lipinski definition) is 5. The Morgan fingerprint density at radius 3 is 2.72 bits per heavy atom. The third-order valence-electron chi connectivity index (χ3n) is 4.20. The predicted octanol–water partition coefficient (Wildman–Crippen LogP) is 0.670. The van der Waals surface area contributed by atoms with E-state index in [2.05, 4.69) is 15.0 Å². The van der Waals surface area contributed by atoms with Crippen LogP contribution in [-0.4, -0.2) is 60.0 Å². The highest BCUT2D eigenvalue weighted by Crippen LogP contribution is 2.25. The highest BCUT2D eigenvalue weighted by molar-refractivity contribution is 5.88. The van der Waals surface area contributed by atoms with Gasteiger partial charge in [0.05, 0.1) is 31.8 Å². The maximum absolute atomic E-state index is 5.98. The number of ether oxygens (including phenoxy) is 3. The molecular weight excluding hydrogens is 324 g/mol. The van der Waals surface area contributed by atoms with E-state index < -0.39 is 0 Å². The molecule has 9 nitrogen and oxygen atoms in total. The van der Waals surface area contributed by atoms with Gasteiger partial charge in [-0.3, -0.25) is 5.73 Å². The van der Waals surface area contributed by atoms with Crippen molar-refractivity contribution in [2.45, 2.75) is 18.9 Å². The van der Waals surface area contributed by atoms with Crippen LogP contribution in [0.15, 0.2) is 23.2 Å². The van der Waals surface area contributed by atoms with Gasteiger partial charge in [-0.25, -0.2) is 9.56 Å². The number of H-pyrrole nitrogens is 1. The van der Waals surface area contributed by atoms with Gasteiger partial charge in [-0.1, -0.05) is 6.07 Å². The molecule has 1 aliphatic heterocycles. The number of rotatable bonds is 3. The van der Waals surface area contributed by atoms with Crippen molar-refractivity contribution >= 4 is 29.0 Å². The Bertz CT molecular complexity index is 803. The first kappa shape index (κ1) is 17.0. The summed E-state index contributed by atoms with van der Waals surface area (Å²) in [5.41, 5.74) is 13.3. The summed E-state index contributed by atoms with van der Waals surface area (Å²) in [5, 5.41) is 0. The summed E-state index contributed by atoms with van der Waals surface area (Å²) in [5.74, 6) is 0.977. The van der Waals surface area contributed by atoms with Crippen molar-refractivity contribution in [3.63, 3.8) is 0 Å². The second-order valence-electron chi connectivity index (χ2n) is 5.73. The number of benzene rings is 1. The maximum atomic E-state index is 5.98. The highest BCUT2D eigenvalue weighted by atomic mass is 16.5. The normalized spacial score (nSPS) is 18.4. The van der Waals surface area contributed by atoms with Crippen LogP contribution in [0.5, 0.6) is 5.75 Å². The molecule has 1 aromatic carbocycles. The number of nitrogens with zero attached hydrogens (tertiary/aromatic N) is 3. The maximum Gasteiger partial charge on any atom is 0.449 e. The van der Waals surface area contributed by atoms with E-state index in [1.165, 1.54) is 0 Å². The summed E-state index contributed by atoms with van der Waals surface area (Å²) in [6.07, 6.45) is 2.04. The summed E-state index contributed by atoms with van der Waals surface area (Å²) in [6.45, 7) is 1.50. The predicted molar refractivity (Wildman–Crippen MR) is 94.2 cm³/mol. The van der Waals surface area contributed by atoms with Crippen LogP contribution in [0, 0.1) is 0 Å². The molecule has 0 atom stereocenters. The number of aromatic nitrogens is 2. The van der Waals surface area contributed by atoms with Crippen molar-refractivity contribution in [1.82, 2.24) is 9.97 Å². The SMILES string of the molecule is COc1cccc2[nH]c(/N=C(\N)OC(N)=[N+]3CCC(OC)CC3)nc12. The lowest BCUT2D eigenvalue weighted by molar-refractivity contribution is -0.549. The van der Waals surface area contributed by atoms with Gasteiger partial charge in [-0.2, -0.15) is 4.99 Å². The van der Waals surface area contributed by atoms with Crippen molar-refractivity contribution in [3.05, 3.63) is 18.2 Å². The van der Waals surface area contributed by atoms with Crippen LogP contribution in [0.1, 0.15) is 12.8 Å². The molecule has 1 saturated heterocycles. The number of aliphatic imine (C=N–C) groups is 1. The van der Waals surface area contributed by atoms with Gasteiger partial charge in [0.15, 0.2) is 0 Å². The molecule has 1 fully saturated rings. The number of methoxy groups -OCH3 is 2. The van der Waals surface area contributed by atoms with Crippen molar-refractivity contribution in [3.8, 4) is 5.75 Å². The fourth-order valence-corrected chi connectivity index (χ4v) is 2.82. The molecule has 3 rings (SSSR count). The lowest BCUT2D eigenvalue weighted by Gasteiger charge is -2.21. The number of nitrogens with one attached hydrogen (secondary N) is 1. The van der Waals surface area contributed by atoms with E-state index in [9.17, 15) is 0 Å². The Kier molecular flexibility index (Phi) is 5.03. The highest BCUT2D eigenvalue weighted by Gasteiger charge is 2.22. The third kappa shape index (κ3) is 3.82. The average Bonchev–Trinajstić information content (AvgIpc) is 3.03. The van der Waals surface area contributed by atoms with Crippen LogP contribution in [0.3, 0.4) is 0 Å². The third-order valence-corrected chi connectivity index (χ3v) is 4.20. The fraction of sp³-hybridized carbons (Fsp3) is 0.438. The lowest BCUT2D eigenvalue weighted by atomic mass is 10.1. The molecule has 5 N–H and O–H groups in total. The Balaban J connectivity index is 1.73. The number of hydrogen-bond donors (Lipinski definition) is 3. The van der Waals surface area contributed by atoms with E-state index in [0.29, 0.717) is 17.2 Å². The van der Waals surface area contributed by atoms with Gasteiger partial charge < -0.3 is 24.9 Å². The molecule has 134 valence electrons. The quantitative estimate of drug-likeness (QED) is 0.426. The zero-order chi connectivity index (χ0) is 17.8. The van der Waals surface area contributed by atoms with Gasteiger partial charge in [0.25, 0.3) is 0 Å². The number of aromatic amines is 1. The second-order valence-corrected chi connectivity index (χ2v) is 5.73. The Hall–Kier alpha value is -2.81. The number of imidazole rings is 1. The van der Waals surface area contributed by atoms with Gasteiger partial charge in [0.2, 0.25) is 5.95 Å². The van der Waals surface area contributed by atoms with Crippen molar-refractivity contribution in [2.24, 2.45) is 16.5 Å². The number of fused-ring (bicyclic) bond motifs is 1. The molecule has 2 aromatic rings. The molecule has 0 saturated carbocycles. The minimum absolute atomic E-state index is 0.0793. The van der Waals surface area contributed by atoms with E-state index in [1.54, 1.807) is 14.2 Å². The van der Waals surface area contributed by atoms with Crippen molar-refractivity contribution in [2.75, 3.05) is 27.3 Å². The Morgan fingerprint density at radius 1 is 1.28 bits per heavy atom. The summed E-state index contributed by atoms with van der Waals surface area (Å²) in [7, 11) is 3.31. The first-order valence-corrected chi connectivity index (χ1v) is 8.05. The Morgan fingerprint density at radius 2 is 2.04 bits per heavy atom. The summed E-state index contributed by atoms with van der Waals surface area (Å²) in [4.78, 5) is 11.5. The van der Waals surface area contributed by atoms with E-state index in [1.807, 2.05) is 22.8 Å². The zero-order valence-corrected chi connectivity index (χ0v) is 14.4. The number of amidine groups is 2. The molecule has 0 amide bonds. The zero-order valence-electron chi connectivity index (χ0n) is 14.4. The van der Waals surface area contributed by atoms with Gasteiger partial charge in [-0.05, 0) is 12.1 Å². The van der Waals surface area contributed by atoms with Gasteiger partial charge >= 0.3 is 12.0 Å². The molecule has 0 aliphatic carbocycles. The van der Waals surface area contributed by atoms with Crippen LogP contribution in [0.4, 0.5) is 5.95 Å². The molecule has 0 radical (unpaired) electrons. The standard InChI is InChI=1S/C16H22N6O3/c1-23-10-6-8-22(9-7-10)15(18)25-14(17)21-16-19-11-4-3-5-12(24-2)13(11)20-16/h3-5,10,18H,6-9H2,1-2H3,(H3,17,19,20,21)/p+1. The summed E-state index contributed by atoms with van der Waals surface area (Å²) in [6, 6.07) is 5.71. The first-order valence-electron chi connectivity index (χ1n) is 8.05. The van der Waals surface area contributed by atoms with E-state index in [4.69, 9.17) is 25.7 Å². The van der Waals surface area contributed by atoms with Crippen molar-refractivity contribution < 1.29 is 18.8 Å². The van der Waals surface area contributed by atoms with Crippen LogP contribution in [-0.2, 0) is 9.47 Å². The summed E-state index contributed by atoms with van der Waals surface area (Å²) >= 11 is 0. The van der Waals surface area contributed by atoms with E-state index in [0.717, 1.165) is 31.4 Å². The molecule has 2 heterocycles. The topological polar surface area (TPSA) is 124 Å². The molecular formula is C16H23N6O3+. The van der Waals surface area contributed by atoms with Gasteiger partial charge in [-0.15, -0.1) is 0 Å². The minimum atomic E-state index is -0.0793. The number of nitrogens with two attached hydrogens (primary N) is 2. The lowest BCUT2D eigenvalue weighted by Crippen LogP contribution is -2.40. The molecule has 1 aromatic heterocycles. The van der Waals surface area contributed by atoms with Crippen LogP contribution >= 0.6 is 0 Å². The van der Waals surface area contributed by atoms with Crippen LogP contribution in [0.2, 0.25) is 0 Å². The monoisotopic (exact) mass is 347 g/mol.